The van der Waals surface area contributed by atoms with Crippen molar-refractivity contribution in [3.8, 4) is 0 Å². The lowest BCUT2D eigenvalue weighted by Gasteiger charge is -2.24. The lowest BCUT2D eigenvalue weighted by molar-refractivity contribution is 0.542. The summed E-state index contributed by atoms with van der Waals surface area (Å²) in [6, 6.07) is 7.50. The van der Waals surface area contributed by atoms with E-state index in [2.05, 4.69) is 15.0 Å². The van der Waals surface area contributed by atoms with E-state index < -0.39 is 5.66 Å². The molecule has 0 fully saturated rings. The molecule has 0 saturated carbocycles. The molecule has 1 aromatic carbocycles. The van der Waals surface area contributed by atoms with Gasteiger partial charge in [0.05, 0.1) is 23.9 Å². The summed E-state index contributed by atoms with van der Waals surface area (Å²) in [5.74, 6) is 0.436. The smallest absolute Gasteiger partial charge is 0.220 e. The van der Waals surface area contributed by atoms with Gasteiger partial charge in [-0.1, -0.05) is 23.7 Å². The van der Waals surface area contributed by atoms with E-state index in [1.807, 2.05) is 42.8 Å². The molecule has 102 valence electrons. The molecule has 1 aliphatic rings. The Kier molecular flexibility index (Phi) is 2.87. The van der Waals surface area contributed by atoms with E-state index >= 15 is 0 Å². The van der Waals surface area contributed by atoms with Crippen molar-refractivity contribution in [2.75, 3.05) is 0 Å². The summed E-state index contributed by atoms with van der Waals surface area (Å²) in [5, 5.41) is 0.637. The van der Waals surface area contributed by atoms with Crippen LogP contribution in [-0.4, -0.2) is 21.1 Å². The van der Waals surface area contributed by atoms with E-state index in [0.717, 1.165) is 11.3 Å². The maximum Gasteiger partial charge on any atom is 0.220 e. The molecule has 1 unspecified atom stereocenters. The number of amidine groups is 1. The molecule has 6 heteroatoms. The van der Waals surface area contributed by atoms with E-state index in [4.69, 9.17) is 17.3 Å². The Balaban J connectivity index is 2.29. The van der Waals surface area contributed by atoms with Crippen LogP contribution in [0.15, 0.2) is 46.8 Å². The van der Waals surface area contributed by atoms with Gasteiger partial charge < -0.3 is 10.3 Å². The number of rotatable bonds is 2. The lowest BCUT2D eigenvalue weighted by Crippen LogP contribution is -2.24. The second-order valence-electron chi connectivity index (χ2n) is 4.77. The van der Waals surface area contributed by atoms with Gasteiger partial charge in [0.1, 0.15) is 5.84 Å². The summed E-state index contributed by atoms with van der Waals surface area (Å²) in [4.78, 5) is 13.4. The van der Waals surface area contributed by atoms with E-state index in [0.29, 0.717) is 16.6 Å². The fourth-order valence-electron chi connectivity index (χ4n) is 2.37. The predicted octanol–water partition coefficient (Wildman–Crippen LogP) is 2.11. The van der Waals surface area contributed by atoms with Crippen LogP contribution in [0.3, 0.4) is 0 Å². The molecule has 0 amide bonds. The van der Waals surface area contributed by atoms with Crippen molar-refractivity contribution in [1.29, 1.82) is 0 Å². The third-order valence-electron chi connectivity index (χ3n) is 3.38. The van der Waals surface area contributed by atoms with Crippen LogP contribution in [0.1, 0.15) is 18.2 Å². The maximum absolute atomic E-state index is 6.11. The largest absolute Gasteiger partial charge is 0.382 e. The number of nitrogens with two attached hydrogens (primary N) is 1. The molecule has 0 radical (unpaired) electrons. The predicted molar refractivity (Wildman–Crippen MR) is 80.2 cm³/mol. The third kappa shape index (κ3) is 1.82. The first-order valence-corrected chi connectivity index (χ1v) is 6.56. The highest BCUT2D eigenvalue weighted by atomic mass is 35.5. The van der Waals surface area contributed by atoms with Gasteiger partial charge in [-0.3, -0.25) is 0 Å². The number of aryl methyl sites for hydroxylation is 1. The van der Waals surface area contributed by atoms with Gasteiger partial charge in [-0.2, -0.15) is 0 Å². The molecule has 3 rings (SSSR count). The van der Waals surface area contributed by atoms with Gasteiger partial charge in [0, 0.05) is 17.6 Å². The standard InChI is InChI=1S/C14H14ClN5/c1-9-13(16)19-14(18-9,12-7-17-8-20(12)2)10-4-3-5-11(15)6-10/h3-8H,1-2H3,(H2,16,19). The molecule has 1 atom stereocenters. The number of benzene rings is 1. The summed E-state index contributed by atoms with van der Waals surface area (Å²) in [6.45, 7) is 1.85. The van der Waals surface area contributed by atoms with Crippen LogP contribution >= 0.6 is 11.6 Å². The van der Waals surface area contributed by atoms with Crippen LogP contribution in [0.2, 0.25) is 5.02 Å². The lowest BCUT2D eigenvalue weighted by atomic mass is 9.97. The molecule has 2 heterocycles. The summed E-state index contributed by atoms with van der Waals surface area (Å²) < 4.78 is 1.89. The van der Waals surface area contributed by atoms with Crippen LogP contribution in [0.4, 0.5) is 0 Å². The first-order chi connectivity index (χ1) is 9.53. The second kappa shape index (κ2) is 4.45. The van der Waals surface area contributed by atoms with Crippen molar-refractivity contribution in [3.05, 3.63) is 53.1 Å². The SMILES string of the molecule is CC1=NC(c2cccc(Cl)c2)(c2cncn2C)N=C1N. The zero-order chi connectivity index (χ0) is 14.3. The van der Waals surface area contributed by atoms with Gasteiger partial charge in [0.2, 0.25) is 5.66 Å². The van der Waals surface area contributed by atoms with Crippen LogP contribution in [-0.2, 0) is 12.7 Å². The van der Waals surface area contributed by atoms with Gasteiger partial charge in [-0.25, -0.2) is 15.0 Å². The minimum absolute atomic E-state index is 0.436. The molecule has 0 spiro atoms. The van der Waals surface area contributed by atoms with Crippen molar-refractivity contribution < 1.29 is 0 Å². The molecule has 0 bridgehead atoms. The van der Waals surface area contributed by atoms with Crippen LogP contribution in [0.25, 0.3) is 0 Å². The highest BCUT2D eigenvalue weighted by Crippen LogP contribution is 2.38. The number of nitrogens with zero attached hydrogens (tertiary/aromatic N) is 4. The number of halogens is 1. The van der Waals surface area contributed by atoms with Crippen molar-refractivity contribution in [1.82, 2.24) is 9.55 Å². The molecule has 0 saturated heterocycles. The Morgan fingerprint density at radius 1 is 1.30 bits per heavy atom. The summed E-state index contributed by atoms with van der Waals surface area (Å²) in [7, 11) is 1.91. The van der Waals surface area contributed by atoms with Gasteiger partial charge >= 0.3 is 0 Å². The van der Waals surface area contributed by atoms with Crippen molar-refractivity contribution in [2.45, 2.75) is 12.6 Å². The molecule has 2 aromatic rings. The van der Waals surface area contributed by atoms with Crippen molar-refractivity contribution in [3.63, 3.8) is 0 Å². The molecule has 1 aromatic heterocycles. The zero-order valence-corrected chi connectivity index (χ0v) is 12.0. The Bertz CT molecular complexity index is 711. The quantitative estimate of drug-likeness (QED) is 0.919. The molecule has 2 N–H and O–H groups in total. The van der Waals surface area contributed by atoms with Crippen LogP contribution in [0.5, 0.6) is 0 Å². The van der Waals surface area contributed by atoms with Crippen molar-refractivity contribution in [2.24, 2.45) is 22.8 Å². The zero-order valence-electron chi connectivity index (χ0n) is 11.2. The Labute approximate surface area is 121 Å². The highest BCUT2D eigenvalue weighted by molar-refractivity contribution is 6.41. The van der Waals surface area contributed by atoms with E-state index in [9.17, 15) is 0 Å². The fraction of sp³-hybridized carbons (Fsp3) is 0.214. The van der Waals surface area contributed by atoms with Gasteiger partial charge in [0.15, 0.2) is 0 Å². The summed E-state index contributed by atoms with van der Waals surface area (Å²) in [5.41, 5.74) is 7.47. The van der Waals surface area contributed by atoms with Crippen LogP contribution in [0, 0.1) is 0 Å². The molecular formula is C14H14ClN5. The number of imidazole rings is 1. The first-order valence-electron chi connectivity index (χ1n) is 6.18. The molecule has 1 aliphatic heterocycles. The van der Waals surface area contributed by atoms with E-state index in [1.54, 1.807) is 12.5 Å². The number of aliphatic imine (C=N–C) groups is 2. The number of hydrogen-bond acceptors (Lipinski definition) is 4. The van der Waals surface area contributed by atoms with Crippen molar-refractivity contribution >= 4 is 23.1 Å². The molecule has 5 nitrogen and oxygen atoms in total. The molecule has 0 aliphatic carbocycles. The minimum atomic E-state index is -0.898. The monoisotopic (exact) mass is 287 g/mol. The Morgan fingerprint density at radius 3 is 2.65 bits per heavy atom. The minimum Gasteiger partial charge on any atom is -0.382 e. The van der Waals surface area contributed by atoms with E-state index in [1.165, 1.54) is 0 Å². The first kappa shape index (κ1) is 12.9. The highest BCUT2D eigenvalue weighted by Gasteiger charge is 2.40. The average Bonchev–Trinajstić information content (AvgIpc) is 2.95. The van der Waals surface area contributed by atoms with Gasteiger partial charge in [-0.15, -0.1) is 0 Å². The molecular weight excluding hydrogens is 274 g/mol. The van der Waals surface area contributed by atoms with Gasteiger partial charge in [-0.05, 0) is 19.1 Å². The molecule has 20 heavy (non-hydrogen) atoms. The Morgan fingerprint density at radius 2 is 2.10 bits per heavy atom. The van der Waals surface area contributed by atoms with Crippen LogP contribution < -0.4 is 5.73 Å². The third-order valence-corrected chi connectivity index (χ3v) is 3.62. The summed E-state index contributed by atoms with van der Waals surface area (Å²) >= 11 is 6.11. The van der Waals surface area contributed by atoms with E-state index in [-0.39, 0.29) is 0 Å². The fourth-order valence-corrected chi connectivity index (χ4v) is 2.56. The number of hydrogen-bond donors (Lipinski definition) is 1. The normalized spacial score (nSPS) is 21.8. The average molecular weight is 288 g/mol. The maximum atomic E-state index is 6.11. The second-order valence-corrected chi connectivity index (χ2v) is 5.20. The topological polar surface area (TPSA) is 68.6 Å². The van der Waals surface area contributed by atoms with Gasteiger partial charge in [0.25, 0.3) is 0 Å². The Hall–Kier alpha value is -2.14. The number of aromatic nitrogens is 2. The summed E-state index contributed by atoms with van der Waals surface area (Å²) in [6.07, 6.45) is 3.47.